The molecule has 0 aromatic heterocycles. The molecule has 0 aliphatic carbocycles. The smallest absolute Gasteiger partial charge is 0.338 e. The number of carbonyl (C=O) groups is 1. The van der Waals surface area contributed by atoms with Crippen molar-refractivity contribution in [1.82, 2.24) is 0 Å². The standard InChI is InChI=1S/C9H14O2/c1-4-6-7-8(3)9(10)11-5-2/h5H,2-4,6-7H2,1H3. The van der Waals surface area contributed by atoms with Crippen LogP contribution in [0.25, 0.3) is 0 Å². The lowest BCUT2D eigenvalue weighted by Crippen LogP contribution is -2.02. The molecular formula is C9H14O2. The van der Waals surface area contributed by atoms with Crippen LogP contribution in [0, 0.1) is 0 Å². The Bertz CT molecular complexity index is 159. The molecule has 2 nitrogen and oxygen atoms in total. The Kier molecular flexibility index (Phi) is 5.17. The fourth-order valence-electron chi connectivity index (χ4n) is 0.651. The molecule has 0 aliphatic heterocycles. The second-order valence-electron chi connectivity index (χ2n) is 2.28. The molecule has 0 heterocycles. The Hall–Kier alpha value is -1.05. The minimum Gasteiger partial charge on any atom is -0.432 e. The summed E-state index contributed by atoms with van der Waals surface area (Å²) in [5.74, 6) is -0.367. The van der Waals surface area contributed by atoms with Crippen LogP contribution in [0.3, 0.4) is 0 Å². The van der Waals surface area contributed by atoms with E-state index in [1.807, 2.05) is 0 Å². The van der Waals surface area contributed by atoms with E-state index in [0.717, 1.165) is 19.1 Å². The van der Waals surface area contributed by atoms with Gasteiger partial charge < -0.3 is 4.74 Å². The highest BCUT2D eigenvalue weighted by Crippen LogP contribution is 2.06. The minimum atomic E-state index is -0.367. The molecular weight excluding hydrogens is 140 g/mol. The molecule has 0 unspecified atom stereocenters. The first-order valence-corrected chi connectivity index (χ1v) is 3.72. The minimum absolute atomic E-state index is 0.367. The third kappa shape index (κ3) is 4.37. The van der Waals surface area contributed by atoms with Crippen molar-refractivity contribution in [2.45, 2.75) is 26.2 Å². The summed E-state index contributed by atoms with van der Waals surface area (Å²) in [7, 11) is 0. The Labute approximate surface area is 67.6 Å². The van der Waals surface area contributed by atoms with Crippen LogP contribution in [0.15, 0.2) is 25.0 Å². The van der Waals surface area contributed by atoms with Gasteiger partial charge in [-0.1, -0.05) is 26.5 Å². The highest BCUT2D eigenvalue weighted by atomic mass is 16.5. The van der Waals surface area contributed by atoms with Crippen molar-refractivity contribution < 1.29 is 9.53 Å². The van der Waals surface area contributed by atoms with Gasteiger partial charge in [0.05, 0.1) is 6.26 Å². The van der Waals surface area contributed by atoms with Gasteiger partial charge >= 0.3 is 5.97 Å². The fourth-order valence-corrected chi connectivity index (χ4v) is 0.651. The predicted molar refractivity (Wildman–Crippen MR) is 45.0 cm³/mol. The maximum absolute atomic E-state index is 10.9. The zero-order chi connectivity index (χ0) is 8.69. The summed E-state index contributed by atoms with van der Waals surface area (Å²) in [6.45, 7) is 8.93. The number of carbonyl (C=O) groups excluding carboxylic acids is 1. The summed E-state index contributed by atoms with van der Waals surface area (Å²) >= 11 is 0. The molecule has 0 atom stereocenters. The third-order valence-electron chi connectivity index (χ3n) is 1.31. The lowest BCUT2D eigenvalue weighted by molar-refractivity contribution is -0.133. The van der Waals surface area contributed by atoms with Gasteiger partial charge in [0.2, 0.25) is 0 Å². The molecule has 0 N–H and O–H groups in total. The Morgan fingerprint density at radius 3 is 2.73 bits per heavy atom. The second-order valence-corrected chi connectivity index (χ2v) is 2.28. The number of esters is 1. The normalized spacial score (nSPS) is 8.82. The van der Waals surface area contributed by atoms with E-state index in [0.29, 0.717) is 12.0 Å². The molecule has 0 spiro atoms. The van der Waals surface area contributed by atoms with E-state index < -0.39 is 0 Å². The summed E-state index contributed by atoms with van der Waals surface area (Å²) in [4.78, 5) is 10.9. The lowest BCUT2D eigenvalue weighted by Gasteiger charge is -2.00. The van der Waals surface area contributed by atoms with Crippen molar-refractivity contribution in [1.29, 1.82) is 0 Å². The van der Waals surface area contributed by atoms with Crippen LogP contribution in [0.4, 0.5) is 0 Å². The van der Waals surface area contributed by atoms with Gasteiger partial charge in [-0.3, -0.25) is 0 Å². The summed E-state index contributed by atoms with van der Waals surface area (Å²) in [5, 5.41) is 0. The van der Waals surface area contributed by atoms with Gasteiger partial charge in [0.25, 0.3) is 0 Å². The van der Waals surface area contributed by atoms with Crippen LogP contribution in [0.2, 0.25) is 0 Å². The average molecular weight is 154 g/mol. The molecule has 0 bridgehead atoms. The van der Waals surface area contributed by atoms with E-state index in [-0.39, 0.29) is 5.97 Å². The maximum atomic E-state index is 10.9. The van der Waals surface area contributed by atoms with Gasteiger partial charge in [0, 0.05) is 5.57 Å². The first kappa shape index (κ1) is 9.95. The Morgan fingerprint density at radius 1 is 1.64 bits per heavy atom. The SMILES string of the molecule is C=COC(=O)C(=C)CCCC. The molecule has 0 amide bonds. The highest BCUT2D eigenvalue weighted by molar-refractivity contribution is 5.87. The fraction of sp³-hybridized carbons (Fsp3) is 0.444. The highest BCUT2D eigenvalue weighted by Gasteiger charge is 2.04. The van der Waals surface area contributed by atoms with Gasteiger partial charge in [-0.05, 0) is 12.8 Å². The number of rotatable bonds is 5. The van der Waals surface area contributed by atoms with Crippen molar-refractivity contribution >= 4 is 5.97 Å². The summed E-state index contributed by atoms with van der Waals surface area (Å²) in [5.41, 5.74) is 0.520. The topological polar surface area (TPSA) is 26.3 Å². The molecule has 2 heteroatoms. The molecule has 0 aliphatic rings. The predicted octanol–water partition coefficient (Wildman–Crippen LogP) is 2.42. The van der Waals surface area contributed by atoms with Crippen LogP contribution in [-0.4, -0.2) is 5.97 Å². The molecule has 0 saturated carbocycles. The molecule has 62 valence electrons. The van der Waals surface area contributed by atoms with Crippen molar-refractivity contribution in [2.24, 2.45) is 0 Å². The third-order valence-corrected chi connectivity index (χ3v) is 1.31. The number of unbranched alkanes of at least 4 members (excludes halogenated alkanes) is 1. The summed E-state index contributed by atoms with van der Waals surface area (Å²) in [6.07, 6.45) is 3.87. The van der Waals surface area contributed by atoms with E-state index in [1.165, 1.54) is 0 Å². The average Bonchev–Trinajstić information content (AvgIpc) is 2.00. The zero-order valence-electron chi connectivity index (χ0n) is 6.93. The lowest BCUT2D eigenvalue weighted by atomic mass is 10.1. The van der Waals surface area contributed by atoms with Crippen LogP contribution in [0.5, 0.6) is 0 Å². The second kappa shape index (κ2) is 5.71. The van der Waals surface area contributed by atoms with E-state index >= 15 is 0 Å². The number of hydrogen-bond donors (Lipinski definition) is 0. The van der Waals surface area contributed by atoms with E-state index in [2.05, 4.69) is 24.8 Å². The van der Waals surface area contributed by atoms with E-state index in [9.17, 15) is 4.79 Å². The monoisotopic (exact) mass is 154 g/mol. The molecule has 0 rings (SSSR count). The van der Waals surface area contributed by atoms with Crippen LogP contribution < -0.4 is 0 Å². The maximum Gasteiger partial charge on any atom is 0.338 e. The van der Waals surface area contributed by atoms with Crippen LogP contribution in [-0.2, 0) is 9.53 Å². The molecule has 11 heavy (non-hydrogen) atoms. The van der Waals surface area contributed by atoms with Gasteiger partial charge in [0.15, 0.2) is 0 Å². The van der Waals surface area contributed by atoms with Gasteiger partial charge in [0.1, 0.15) is 0 Å². The Balaban J connectivity index is 3.64. The van der Waals surface area contributed by atoms with Crippen molar-refractivity contribution in [3.63, 3.8) is 0 Å². The van der Waals surface area contributed by atoms with Crippen LogP contribution >= 0.6 is 0 Å². The molecule has 0 aromatic rings. The molecule has 0 saturated heterocycles. The van der Waals surface area contributed by atoms with Crippen LogP contribution in [0.1, 0.15) is 26.2 Å². The molecule has 0 aromatic carbocycles. The molecule has 0 fully saturated rings. The summed E-state index contributed by atoms with van der Waals surface area (Å²) in [6, 6.07) is 0. The van der Waals surface area contributed by atoms with Crippen molar-refractivity contribution in [3.8, 4) is 0 Å². The van der Waals surface area contributed by atoms with E-state index in [4.69, 9.17) is 0 Å². The van der Waals surface area contributed by atoms with Crippen molar-refractivity contribution in [2.75, 3.05) is 0 Å². The van der Waals surface area contributed by atoms with Gasteiger partial charge in [-0.25, -0.2) is 4.79 Å². The molecule has 0 radical (unpaired) electrons. The van der Waals surface area contributed by atoms with Gasteiger partial charge in [-0.15, -0.1) is 0 Å². The zero-order valence-corrected chi connectivity index (χ0v) is 6.93. The quantitative estimate of drug-likeness (QED) is 0.345. The largest absolute Gasteiger partial charge is 0.432 e. The number of hydrogen-bond acceptors (Lipinski definition) is 2. The van der Waals surface area contributed by atoms with Crippen molar-refractivity contribution in [3.05, 3.63) is 25.0 Å². The van der Waals surface area contributed by atoms with Gasteiger partial charge in [-0.2, -0.15) is 0 Å². The first-order valence-electron chi connectivity index (χ1n) is 3.72. The van der Waals surface area contributed by atoms with E-state index in [1.54, 1.807) is 0 Å². The number of ether oxygens (including phenoxy) is 1. The summed E-state index contributed by atoms with van der Waals surface area (Å²) < 4.78 is 4.53. The Morgan fingerprint density at radius 2 is 2.27 bits per heavy atom. The first-order chi connectivity index (χ1) is 5.22.